The lowest BCUT2D eigenvalue weighted by atomic mass is 9.88. The van der Waals surface area contributed by atoms with Gasteiger partial charge in [0.25, 0.3) is 0 Å². The van der Waals surface area contributed by atoms with Crippen LogP contribution in [0.5, 0.6) is 0 Å². The highest BCUT2D eigenvalue weighted by Gasteiger charge is 2.29. The number of aryl methyl sites for hydroxylation is 1. The first kappa shape index (κ1) is 17.6. The molecule has 1 atom stereocenters. The second kappa shape index (κ2) is 7.47. The molecule has 1 aromatic carbocycles. The van der Waals surface area contributed by atoms with E-state index in [0.29, 0.717) is 6.04 Å². The Balaban J connectivity index is 1.43. The predicted octanol–water partition coefficient (Wildman–Crippen LogP) is 2.71. The van der Waals surface area contributed by atoms with E-state index in [4.69, 9.17) is 5.10 Å². The van der Waals surface area contributed by atoms with E-state index in [9.17, 15) is 4.39 Å². The second-order valence-corrected chi connectivity index (χ2v) is 7.62. The topological polar surface area (TPSA) is 45.1 Å². The van der Waals surface area contributed by atoms with E-state index in [-0.39, 0.29) is 5.82 Å². The van der Waals surface area contributed by atoms with Gasteiger partial charge in [0, 0.05) is 30.4 Å². The van der Waals surface area contributed by atoms with Crippen LogP contribution in [-0.2, 0) is 6.54 Å². The van der Waals surface area contributed by atoms with Crippen molar-refractivity contribution in [3.8, 4) is 5.69 Å². The number of benzene rings is 1. The molecular weight excluding hydrogens is 329 g/mol. The van der Waals surface area contributed by atoms with Crippen LogP contribution in [0.1, 0.15) is 36.2 Å². The van der Waals surface area contributed by atoms with Crippen LogP contribution in [0.3, 0.4) is 0 Å². The fraction of sp³-hybridized carbons (Fsp3) is 0.550. The first-order chi connectivity index (χ1) is 12.6. The SMILES string of the molecule is Cc1nn(-c2ccc(F)cc2)c(C)c1CN1CCC(C2CCNN2)CC1. The van der Waals surface area contributed by atoms with Crippen LogP contribution in [0.25, 0.3) is 5.69 Å². The Bertz CT molecular complexity index is 740. The normalized spacial score (nSPS) is 22.2. The van der Waals surface area contributed by atoms with Crippen molar-refractivity contribution in [3.63, 3.8) is 0 Å². The quantitative estimate of drug-likeness (QED) is 0.883. The Kier molecular flexibility index (Phi) is 5.07. The molecule has 2 aromatic rings. The molecule has 3 heterocycles. The molecule has 5 nitrogen and oxygen atoms in total. The molecule has 0 radical (unpaired) electrons. The van der Waals surface area contributed by atoms with Gasteiger partial charge in [0.2, 0.25) is 0 Å². The van der Waals surface area contributed by atoms with Gasteiger partial charge in [0.1, 0.15) is 5.82 Å². The third-order valence-corrected chi connectivity index (χ3v) is 5.96. The van der Waals surface area contributed by atoms with Gasteiger partial charge in [-0.25, -0.2) is 9.07 Å². The van der Waals surface area contributed by atoms with Crippen molar-refractivity contribution in [3.05, 3.63) is 47.0 Å². The molecule has 0 aliphatic carbocycles. The smallest absolute Gasteiger partial charge is 0.123 e. The van der Waals surface area contributed by atoms with Crippen molar-refractivity contribution in [1.82, 2.24) is 25.5 Å². The van der Waals surface area contributed by atoms with Crippen molar-refractivity contribution in [1.29, 1.82) is 0 Å². The van der Waals surface area contributed by atoms with E-state index < -0.39 is 0 Å². The number of hydrazine groups is 1. The van der Waals surface area contributed by atoms with Crippen LogP contribution in [-0.4, -0.2) is 40.4 Å². The van der Waals surface area contributed by atoms with Gasteiger partial charge in [0.15, 0.2) is 0 Å². The van der Waals surface area contributed by atoms with Gasteiger partial charge < -0.3 is 0 Å². The fourth-order valence-corrected chi connectivity index (χ4v) is 4.33. The maximum absolute atomic E-state index is 13.2. The number of piperidine rings is 1. The van der Waals surface area contributed by atoms with Crippen LogP contribution in [0.4, 0.5) is 4.39 Å². The highest BCUT2D eigenvalue weighted by Crippen LogP contribution is 2.26. The first-order valence-corrected chi connectivity index (χ1v) is 9.63. The second-order valence-electron chi connectivity index (χ2n) is 7.62. The van der Waals surface area contributed by atoms with Gasteiger partial charge in [-0.15, -0.1) is 0 Å². The van der Waals surface area contributed by atoms with Crippen molar-refractivity contribution >= 4 is 0 Å². The molecular formula is C20H28FN5. The standard InChI is InChI=1S/C20H28FN5/c1-14-19(15(2)26(24-14)18-5-3-17(21)4-6-18)13-25-11-8-16(9-12-25)20-7-10-22-23-20/h3-6,16,20,22-23H,7-13H2,1-2H3. The Morgan fingerprint density at radius 2 is 1.85 bits per heavy atom. The van der Waals surface area contributed by atoms with Crippen LogP contribution in [0.15, 0.2) is 24.3 Å². The van der Waals surface area contributed by atoms with Crippen LogP contribution < -0.4 is 10.9 Å². The van der Waals surface area contributed by atoms with E-state index in [1.807, 2.05) is 4.68 Å². The molecule has 26 heavy (non-hydrogen) atoms. The lowest BCUT2D eigenvalue weighted by Crippen LogP contribution is -2.42. The zero-order valence-corrected chi connectivity index (χ0v) is 15.6. The van der Waals surface area contributed by atoms with Gasteiger partial charge in [-0.3, -0.25) is 15.8 Å². The minimum Gasteiger partial charge on any atom is -0.299 e. The van der Waals surface area contributed by atoms with E-state index in [1.165, 1.54) is 37.0 Å². The number of hydrogen-bond acceptors (Lipinski definition) is 4. The number of aromatic nitrogens is 2. The zero-order valence-electron chi connectivity index (χ0n) is 15.6. The van der Waals surface area contributed by atoms with E-state index in [0.717, 1.165) is 49.2 Å². The fourth-order valence-electron chi connectivity index (χ4n) is 4.33. The summed E-state index contributed by atoms with van der Waals surface area (Å²) in [4.78, 5) is 2.55. The molecule has 1 unspecified atom stereocenters. The molecule has 2 aliphatic rings. The highest BCUT2D eigenvalue weighted by molar-refractivity contribution is 5.37. The molecule has 2 fully saturated rings. The summed E-state index contributed by atoms with van der Waals surface area (Å²) in [5.41, 5.74) is 11.1. The van der Waals surface area contributed by atoms with E-state index in [1.54, 1.807) is 12.1 Å². The van der Waals surface area contributed by atoms with Crippen molar-refractivity contribution in [2.75, 3.05) is 19.6 Å². The Morgan fingerprint density at radius 1 is 1.12 bits per heavy atom. The maximum atomic E-state index is 13.2. The summed E-state index contributed by atoms with van der Waals surface area (Å²) >= 11 is 0. The average Bonchev–Trinajstić information content (AvgIpc) is 3.28. The molecule has 4 rings (SSSR count). The number of likely N-dealkylation sites (tertiary alicyclic amines) is 1. The van der Waals surface area contributed by atoms with E-state index in [2.05, 4.69) is 29.6 Å². The van der Waals surface area contributed by atoms with Crippen LogP contribution in [0, 0.1) is 25.6 Å². The van der Waals surface area contributed by atoms with Gasteiger partial charge in [0.05, 0.1) is 11.4 Å². The lowest BCUT2D eigenvalue weighted by molar-refractivity contribution is 0.155. The van der Waals surface area contributed by atoms with E-state index >= 15 is 0 Å². The molecule has 0 bridgehead atoms. The molecule has 2 N–H and O–H groups in total. The summed E-state index contributed by atoms with van der Waals surface area (Å²) in [5, 5.41) is 4.70. The zero-order chi connectivity index (χ0) is 18.1. The molecule has 2 saturated heterocycles. The molecule has 140 valence electrons. The number of nitrogens with zero attached hydrogens (tertiary/aromatic N) is 3. The third kappa shape index (κ3) is 3.54. The Hall–Kier alpha value is -1.76. The summed E-state index contributed by atoms with van der Waals surface area (Å²) in [6, 6.07) is 7.19. The molecule has 1 aromatic heterocycles. The summed E-state index contributed by atoms with van der Waals surface area (Å²) < 4.78 is 15.1. The number of nitrogens with one attached hydrogen (secondary N) is 2. The Labute approximate surface area is 154 Å². The largest absolute Gasteiger partial charge is 0.299 e. The number of hydrogen-bond donors (Lipinski definition) is 2. The summed E-state index contributed by atoms with van der Waals surface area (Å²) in [6.45, 7) is 8.50. The number of rotatable bonds is 4. The van der Waals surface area contributed by atoms with Gasteiger partial charge in [-0.05, 0) is 76.4 Å². The molecule has 2 aliphatic heterocycles. The average molecular weight is 357 g/mol. The minimum atomic E-state index is -0.217. The van der Waals surface area contributed by atoms with Crippen molar-refractivity contribution in [2.24, 2.45) is 5.92 Å². The third-order valence-electron chi connectivity index (χ3n) is 5.96. The van der Waals surface area contributed by atoms with Gasteiger partial charge in [-0.1, -0.05) is 0 Å². The van der Waals surface area contributed by atoms with Crippen LogP contribution in [0.2, 0.25) is 0 Å². The maximum Gasteiger partial charge on any atom is 0.123 e. The van der Waals surface area contributed by atoms with Gasteiger partial charge in [-0.2, -0.15) is 5.10 Å². The van der Waals surface area contributed by atoms with Crippen molar-refractivity contribution in [2.45, 2.75) is 45.7 Å². The van der Waals surface area contributed by atoms with Gasteiger partial charge >= 0.3 is 0 Å². The Morgan fingerprint density at radius 3 is 2.50 bits per heavy atom. The van der Waals surface area contributed by atoms with Crippen molar-refractivity contribution < 1.29 is 4.39 Å². The molecule has 0 spiro atoms. The summed E-state index contributed by atoms with van der Waals surface area (Å²) in [5.74, 6) is 0.565. The number of halogens is 1. The molecule has 0 amide bonds. The van der Waals surface area contributed by atoms with Crippen LogP contribution >= 0.6 is 0 Å². The summed E-state index contributed by atoms with van der Waals surface area (Å²) in [7, 11) is 0. The minimum absolute atomic E-state index is 0.217. The molecule has 6 heteroatoms. The highest BCUT2D eigenvalue weighted by atomic mass is 19.1. The predicted molar refractivity (Wildman–Crippen MR) is 101 cm³/mol. The lowest BCUT2D eigenvalue weighted by Gasteiger charge is -2.34. The molecule has 0 saturated carbocycles. The first-order valence-electron chi connectivity index (χ1n) is 9.63. The summed E-state index contributed by atoms with van der Waals surface area (Å²) in [6.07, 6.45) is 3.75. The monoisotopic (exact) mass is 357 g/mol.